The number of allylic oxidation sites excluding steroid dienone is 10. The second-order valence-electron chi connectivity index (χ2n) is 3.51. The van der Waals surface area contributed by atoms with Crippen molar-refractivity contribution >= 4 is 0 Å². The number of rotatable bonds is 6. The molecule has 0 nitrogen and oxygen atoms in total. The topological polar surface area (TPSA) is 0 Å². The summed E-state index contributed by atoms with van der Waals surface area (Å²) in [5.41, 5.74) is 3.64. The molecule has 0 saturated carbocycles. The summed E-state index contributed by atoms with van der Waals surface area (Å²) >= 11 is 0. The first-order valence-corrected chi connectivity index (χ1v) is 5.65. The summed E-state index contributed by atoms with van der Waals surface area (Å²) in [6.07, 6.45) is 15.1. The van der Waals surface area contributed by atoms with E-state index in [1.165, 1.54) is 11.1 Å². The van der Waals surface area contributed by atoms with Gasteiger partial charge in [-0.15, -0.1) is 0 Å². The van der Waals surface area contributed by atoms with Crippen molar-refractivity contribution in [1.82, 2.24) is 0 Å². The predicted molar refractivity (Wildman–Crippen MR) is 75.4 cm³/mol. The Hall–Kier alpha value is -1.56. The molecule has 0 heteroatoms. The van der Waals surface area contributed by atoms with Gasteiger partial charge in [-0.05, 0) is 37.0 Å². The first-order valence-electron chi connectivity index (χ1n) is 5.65. The van der Waals surface area contributed by atoms with Gasteiger partial charge in [-0.25, -0.2) is 0 Å². The molecule has 0 unspecified atom stereocenters. The number of hydrogen-bond acceptors (Lipinski definition) is 0. The van der Waals surface area contributed by atoms with Crippen molar-refractivity contribution in [2.24, 2.45) is 0 Å². The second kappa shape index (κ2) is 8.72. The monoisotopic (exact) mass is 214 g/mol. The van der Waals surface area contributed by atoms with Crippen LogP contribution in [0.5, 0.6) is 0 Å². The summed E-state index contributed by atoms with van der Waals surface area (Å²) in [4.78, 5) is 0. The molecule has 0 aromatic rings. The molecule has 0 fully saturated rings. The van der Waals surface area contributed by atoms with Crippen LogP contribution in [0.15, 0.2) is 72.4 Å². The fourth-order valence-electron chi connectivity index (χ4n) is 1.32. The van der Waals surface area contributed by atoms with Crippen LogP contribution < -0.4 is 0 Å². The largest absolute Gasteiger partial charge is 0.0990 e. The Morgan fingerprint density at radius 3 is 2.25 bits per heavy atom. The maximum absolute atomic E-state index is 3.79. The van der Waals surface area contributed by atoms with Gasteiger partial charge < -0.3 is 0 Å². The molecule has 0 amide bonds. The molecule has 0 rings (SSSR count). The zero-order chi connectivity index (χ0) is 12.4. The van der Waals surface area contributed by atoms with Crippen LogP contribution in [0, 0.1) is 0 Å². The molecule has 0 saturated heterocycles. The van der Waals surface area contributed by atoms with E-state index in [1.54, 1.807) is 6.08 Å². The van der Waals surface area contributed by atoms with E-state index in [0.717, 1.165) is 12.0 Å². The summed E-state index contributed by atoms with van der Waals surface area (Å²) in [5.74, 6) is 0. The lowest BCUT2D eigenvalue weighted by atomic mass is 10.1. The summed E-state index contributed by atoms with van der Waals surface area (Å²) in [6.45, 7) is 13.8. The van der Waals surface area contributed by atoms with Gasteiger partial charge >= 0.3 is 0 Å². The molecule has 0 aromatic heterocycles. The van der Waals surface area contributed by atoms with E-state index < -0.39 is 0 Å². The highest BCUT2D eigenvalue weighted by Gasteiger charge is 1.92. The van der Waals surface area contributed by atoms with Gasteiger partial charge in [0.05, 0.1) is 0 Å². The van der Waals surface area contributed by atoms with E-state index in [2.05, 4.69) is 51.3 Å². The van der Waals surface area contributed by atoms with Gasteiger partial charge in [-0.2, -0.15) is 0 Å². The number of hydrogen-bond donors (Lipinski definition) is 0. The van der Waals surface area contributed by atoms with Crippen molar-refractivity contribution in [3.8, 4) is 0 Å². The molecule has 0 heterocycles. The smallest absolute Gasteiger partial charge is 0.0233 e. The van der Waals surface area contributed by atoms with Crippen LogP contribution in [-0.2, 0) is 0 Å². The van der Waals surface area contributed by atoms with Crippen LogP contribution in [0.2, 0.25) is 0 Å². The Morgan fingerprint density at radius 2 is 1.81 bits per heavy atom. The molecule has 0 atom stereocenters. The summed E-state index contributed by atoms with van der Waals surface area (Å²) in [6, 6.07) is 0. The minimum absolute atomic E-state index is 1.04. The Balaban J connectivity index is 4.95. The van der Waals surface area contributed by atoms with Gasteiger partial charge in [0.25, 0.3) is 0 Å². The van der Waals surface area contributed by atoms with Crippen molar-refractivity contribution in [3.63, 3.8) is 0 Å². The van der Waals surface area contributed by atoms with Gasteiger partial charge in [-0.1, -0.05) is 62.6 Å². The van der Waals surface area contributed by atoms with E-state index >= 15 is 0 Å². The Bertz CT molecular complexity index is 346. The normalized spacial score (nSPS) is 14.3. The average Bonchev–Trinajstić information content (AvgIpc) is 2.30. The molecule has 16 heavy (non-hydrogen) atoms. The molecule has 0 radical (unpaired) electrons. The van der Waals surface area contributed by atoms with Crippen molar-refractivity contribution in [2.75, 3.05) is 0 Å². The fourth-order valence-corrected chi connectivity index (χ4v) is 1.32. The van der Waals surface area contributed by atoms with E-state index in [1.807, 2.05) is 19.1 Å². The maximum Gasteiger partial charge on any atom is -0.0233 e. The van der Waals surface area contributed by atoms with Crippen LogP contribution in [0.1, 0.15) is 27.2 Å². The first-order chi connectivity index (χ1) is 7.69. The summed E-state index contributed by atoms with van der Waals surface area (Å²) in [7, 11) is 0. The zero-order valence-electron chi connectivity index (χ0n) is 10.7. The zero-order valence-corrected chi connectivity index (χ0v) is 10.7. The van der Waals surface area contributed by atoms with Crippen molar-refractivity contribution in [2.45, 2.75) is 27.2 Å². The van der Waals surface area contributed by atoms with Crippen molar-refractivity contribution < 1.29 is 0 Å². The van der Waals surface area contributed by atoms with Crippen LogP contribution in [0.3, 0.4) is 0 Å². The highest BCUT2D eigenvalue weighted by molar-refractivity contribution is 5.42. The van der Waals surface area contributed by atoms with Crippen LogP contribution >= 0.6 is 0 Å². The van der Waals surface area contributed by atoms with Gasteiger partial charge in [0, 0.05) is 0 Å². The average molecular weight is 214 g/mol. The van der Waals surface area contributed by atoms with E-state index in [9.17, 15) is 0 Å². The third-order valence-electron chi connectivity index (χ3n) is 2.31. The molecule has 0 aliphatic heterocycles. The third kappa shape index (κ3) is 5.35. The third-order valence-corrected chi connectivity index (χ3v) is 2.31. The van der Waals surface area contributed by atoms with Gasteiger partial charge in [0.15, 0.2) is 0 Å². The van der Waals surface area contributed by atoms with Crippen LogP contribution in [-0.4, -0.2) is 0 Å². The van der Waals surface area contributed by atoms with Crippen molar-refractivity contribution in [3.05, 3.63) is 72.4 Å². The SMILES string of the molecule is C=C/C=C(C=C)/C(C)=C/C=C(\C=C/C)CC. The summed E-state index contributed by atoms with van der Waals surface area (Å²) in [5, 5.41) is 0. The van der Waals surface area contributed by atoms with Gasteiger partial charge in [0.1, 0.15) is 0 Å². The Morgan fingerprint density at radius 1 is 1.12 bits per heavy atom. The lowest BCUT2D eigenvalue weighted by Gasteiger charge is -2.00. The highest BCUT2D eigenvalue weighted by Crippen LogP contribution is 2.12. The Labute approximate surface area is 100 Å². The predicted octanol–water partition coefficient (Wildman–Crippen LogP) is 5.14. The molecule has 0 bridgehead atoms. The van der Waals surface area contributed by atoms with Gasteiger partial charge in [-0.3, -0.25) is 0 Å². The van der Waals surface area contributed by atoms with E-state index in [4.69, 9.17) is 0 Å². The molecule has 0 aromatic carbocycles. The second-order valence-corrected chi connectivity index (χ2v) is 3.51. The molecule has 0 aliphatic carbocycles. The Kier molecular flexibility index (Phi) is 7.87. The molecular weight excluding hydrogens is 192 g/mol. The molecule has 0 spiro atoms. The van der Waals surface area contributed by atoms with Gasteiger partial charge in [0.2, 0.25) is 0 Å². The van der Waals surface area contributed by atoms with Crippen LogP contribution in [0.25, 0.3) is 0 Å². The lowest BCUT2D eigenvalue weighted by Crippen LogP contribution is -1.80. The summed E-state index contributed by atoms with van der Waals surface area (Å²) < 4.78 is 0. The van der Waals surface area contributed by atoms with Crippen LogP contribution in [0.4, 0.5) is 0 Å². The minimum Gasteiger partial charge on any atom is -0.0990 e. The quantitative estimate of drug-likeness (QED) is 0.537. The van der Waals surface area contributed by atoms with E-state index in [-0.39, 0.29) is 0 Å². The minimum atomic E-state index is 1.04. The molecular formula is C16H22. The van der Waals surface area contributed by atoms with Crippen molar-refractivity contribution in [1.29, 1.82) is 0 Å². The lowest BCUT2D eigenvalue weighted by molar-refractivity contribution is 1.15. The van der Waals surface area contributed by atoms with E-state index in [0.29, 0.717) is 0 Å². The fraction of sp³-hybridized carbons (Fsp3) is 0.250. The standard InChI is InChI=1S/C16H22/c1-6-10-15(8-3)13-12-14(5)16(9-4)11-7-2/h6-7,9-13H,2,4,8H2,1,3,5H3/b10-6-,14-12+,15-13-,16-11+. The highest BCUT2D eigenvalue weighted by atomic mass is 14.0. The first kappa shape index (κ1) is 14.4. The molecule has 0 N–H and O–H groups in total. The molecule has 86 valence electrons. The maximum atomic E-state index is 3.79. The molecule has 0 aliphatic rings.